The lowest BCUT2D eigenvalue weighted by Gasteiger charge is -2.34. The molecule has 0 bridgehead atoms. The molecule has 4 heteroatoms. The van der Waals surface area contributed by atoms with Gasteiger partial charge in [0.1, 0.15) is 11.8 Å². The third-order valence-electron chi connectivity index (χ3n) is 3.69. The Morgan fingerprint density at radius 1 is 1.33 bits per heavy atom. The predicted octanol–water partition coefficient (Wildman–Crippen LogP) is 2.46. The van der Waals surface area contributed by atoms with Crippen molar-refractivity contribution in [3.8, 4) is 0 Å². The summed E-state index contributed by atoms with van der Waals surface area (Å²) >= 11 is 0. The average Bonchev–Trinajstić information content (AvgIpc) is 2.50. The third-order valence-corrected chi connectivity index (χ3v) is 3.69. The molecule has 1 rings (SSSR count). The van der Waals surface area contributed by atoms with E-state index in [1.165, 1.54) is 0 Å². The second kappa shape index (κ2) is 7.52. The van der Waals surface area contributed by atoms with E-state index in [-0.39, 0.29) is 11.8 Å². The van der Waals surface area contributed by atoms with Gasteiger partial charge in [-0.25, -0.2) is 0 Å². The van der Waals surface area contributed by atoms with E-state index in [1.54, 1.807) is 6.92 Å². The summed E-state index contributed by atoms with van der Waals surface area (Å²) in [5, 5.41) is 9.37. The average molecular weight is 255 g/mol. The Hall–Kier alpha value is -0.900. The molecule has 0 aliphatic carbocycles. The van der Waals surface area contributed by atoms with Crippen LogP contribution in [0.3, 0.4) is 0 Å². The zero-order valence-corrected chi connectivity index (χ0v) is 11.5. The molecule has 0 aromatic carbocycles. The van der Waals surface area contributed by atoms with Crippen LogP contribution in [0.1, 0.15) is 58.8 Å². The lowest BCUT2D eigenvalue weighted by atomic mass is 10.0. The molecule has 0 amide bonds. The summed E-state index contributed by atoms with van der Waals surface area (Å²) in [6, 6.07) is -0.296. The van der Waals surface area contributed by atoms with Crippen LogP contribution in [0.4, 0.5) is 0 Å². The Bertz CT molecular complexity index is 291. The number of carboxylic acids is 1. The van der Waals surface area contributed by atoms with Gasteiger partial charge in [-0.1, -0.05) is 26.2 Å². The van der Waals surface area contributed by atoms with Crippen molar-refractivity contribution < 1.29 is 14.7 Å². The van der Waals surface area contributed by atoms with Crippen molar-refractivity contribution in [1.82, 2.24) is 4.90 Å². The maximum atomic E-state index is 11.4. The first-order valence-corrected chi connectivity index (χ1v) is 7.04. The van der Waals surface area contributed by atoms with Crippen LogP contribution in [0.5, 0.6) is 0 Å². The summed E-state index contributed by atoms with van der Waals surface area (Å²) in [5.41, 5.74) is 0. The molecule has 104 valence electrons. The van der Waals surface area contributed by atoms with Gasteiger partial charge in [-0.05, 0) is 32.7 Å². The highest BCUT2D eigenvalue weighted by molar-refractivity contribution is 5.76. The topological polar surface area (TPSA) is 57.6 Å². The minimum absolute atomic E-state index is 0.123. The van der Waals surface area contributed by atoms with Gasteiger partial charge in [0.15, 0.2) is 0 Å². The molecular weight excluding hydrogens is 230 g/mol. The van der Waals surface area contributed by atoms with Crippen LogP contribution >= 0.6 is 0 Å². The van der Waals surface area contributed by atoms with Gasteiger partial charge in [0.05, 0.1) is 0 Å². The zero-order chi connectivity index (χ0) is 13.5. The predicted molar refractivity (Wildman–Crippen MR) is 70.6 cm³/mol. The Morgan fingerprint density at radius 3 is 2.61 bits per heavy atom. The lowest BCUT2D eigenvalue weighted by Crippen LogP contribution is -2.47. The van der Waals surface area contributed by atoms with E-state index in [4.69, 9.17) is 0 Å². The first-order valence-electron chi connectivity index (χ1n) is 7.04. The number of likely N-dealkylation sites (tertiary alicyclic amines) is 1. The van der Waals surface area contributed by atoms with Crippen molar-refractivity contribution in [2.24, 2.45) is 0 Å². The van der Waals surface area contributed by atoms with Gasteiger partial charge in [0, 0.05) is 12.5 Å². The number of carboxylic acid groups (broad SMARTS) is 1. The molecule has 0 radical (unpaired) electrons. The summed E-state index contributed by atoms with van der Waals surface area (Å²) in [5.74, 6) is -0.583. The molecule has 1 aliphatic rings. The third kappa shape index (κ3) is 4.41. The normalized spacial score (nSPS) is 23.3. The molecule has 0 spiro atoms. The van der Waals surface area contributed by atoms with Crippen LogP contribution in [0.15, 0.2) is 0 Å². The maximum absolute atomic E-state index is 11.4. The van der Waals surface area contributed by atoms with Crippen LogP contribution in [-0.2, 0) is 9.59 Å². The zero-order valence-electron chi connectivity index (χ0n) is 11.5. The number of ketones is 1. The van der Waals surface area contributed by atoms with Crippen molar-refractivity contribution in [1.29, 1.82) is 0 Å². The van der Waals surface area contributed by atoms with Crippen LogP contribution in [0.2, 0.25) is 0 Å². The Morgan fingerprint density at radius 2 is 2.06 bits per heavy atom. The molecule has 0 aromatic rings. The second-order valence-electron chi connectivity index (χ2n) is 5.29. The largest absolute Gasteiger partial charge is 0.480 e. The van der Waals surface area contributed by atoms with Crippen molar-refractivity contribution >= 4 is 11.8 Å². The van der Waals surface area contributed by atoms with Gasteiger partial charge in [0.25, 0.3) is 0 Å². The Balaban J connectivity index is 2.81. The molecule has 4 nitrogen and oxygen atoms in total. The second-order valence-corrected chi connectivity index (χ2v) is 5.29. The molecule has 18 heavy (non-hydrogen) atoms. The van der Waals surface area contributed by atoms with Crippen LogP contribution < -0.4 is 0 Å². The van der Waals surface area contributed by atoms with Gasteiger partial charge >= 0.3 is 5.97 Å². The quantitative estimate of drug-likeness (QED) is 0.792. The van der Waals surface area contributed by atoms with E-state index in [1.807, 2.05) is 6.92 Å². The van der Waals surface area contributed by atoms with Gasteiger partial charge in [0.2, 0.25) is 0 Å². The smallest absolute Gasteiger partial charge is 0.320 e. The molecule has 1 heterocycles. The highest BCUT2D eigenvalue weighted by Crippen LogP contribution is 2.23. The number of carbonyl (C=O) groups excluding carboxylic acids is 1. The summed E-state index contributed by atoms with van der Waals surface area (Å²) in [7, 11) is 0. The van der Waals surface area contributed by atoms with Crippen LogP contribution in [-0.4, -0.2) is 40.4 Å². The molecule has 2 unspecified atom stereocenters. The van der Waals surface area contributed by atoms with Gasteiger partial charge in [-0.15, -0.1) is 0 Å². The minimum atomic E-state index is -0.743. The molecule has 2 atom stereocenters. The summed E-state index contributed by atoms with van der Waals surface area (Å²) in [6.45, 7) is 4.42. The number of nitrogens with zero attached hydrogens (tertiary/aromatic N) is 1. The van der Waals surface area contributed by atoms with Gasteiger partial charge in [-0.3, -0.25) is 14.5 Å². The Labute approximate surface area is 109 Å². The first kappa shape index (κ1) is 15.2. The summed E-state index contributed by atoms with van der Waals surface area (Å²) < 4.78 is 0. The number of hydrogen-bond acceptors (Lipinski definition) is 3. The number of Topliss-reactive ketones (excluding diaryl/α,β-unsaturated/α-hetero) is 1. The number of aliphatic carboxylic acids is 1. The SMILES string of the molecule is CCCC(C(=O)O)N1CCCCCC1CC(C)=O. The monoisotopic (exact) mass is 255 g/mol. The van der Waals surface area contributed by atoms with E-state index in [9.17, 15) is 14.7 Å². The summed E-state index contributed by atoms with van der Waals surface area (Å²) in [4.78, 5) is 24.8. The number of carbonyl (C=O) groups is 2. The molecule has 0 aromatic heterocycles. The molecule has 1 saturated heterocycles. The minimum Gasteiger partial charge on any atom is -0.480 e. The van der Waals surface area contributed by atoms with Crippen molar-refractivity contribution in [3.05, 3.63) is 0 Å². The first-order chi connectivity index (χ1) is 8.56. The van der Waals surface area contributed by atoms with Crippen molar-refractivity contribution in [2.75, 3.05) is 6.54 Å². The van der Waals surface area contributed by atoms with Crippen molar-refractivity contribution in [3.63, 3.8) is 0 Å². The van der Waals surface area contributed by atoms with E-state index >= 15 is 0 Å². The molecule has 1 fully saturated rings. The number of hydrogen-bond donors (Lipinski definition) is 1. The molecular formula is C14H25NO3. The molecule has 0 saturated carbocycles. The lowest BCUT2D eigenvalue weighted by molar-refractivity contribution is -0.145. The highest BCUT2D eigenvalue weighted by atomic mass is 16.4. The molecule has 1 N–H and O–H groups in total. The van der Waals surface area contributed by atoms with E-state index < -0.39 is 12.0 Å². The fourth-order valence-electron chi connectivity index (χ4n) is 2.87. The van der Waals surface area contributed by atoms with E-state index in [0.717, 1.165) is 38.6 Å². The highest BCUT2D eigenvalue weighted by Gasteiger charge is 2.31. The Kier molecular flexibility index (Phi) is 6.33. The van der Waals surface area contributed by atoms with E-state index in [2.05, 4.69) is 4.90 Å². The number of rotatable bonds is 6. The standard InChI is InChI=1S/C14H25NO3/c1-3-7-13(14(17)18)15-9-6-4-5-8-12(15)10-11(2)16/h12-13H,3-10H2,1-2H3,(H,17,18). The van der Waals surface area contributed by atoms with E-state index in [0.29, 0.717) is 12.8 Å². The van der Waals surface area contributed by atoms with Crippen molar-refractivity contribution in [2.45, 2.75) is 70.9 Å². The van der Waals surface area contributed by atoms with Crippen LogP contribution in [0, 0.1) is 0 Å². The summed E-state index contributed by atoms with van der Waals surface area (Å²) in [6.07, 6.45) is 6.27. The maximum Gasteiger partial charge on any atom is 0.320 e. The van der Waals surface area contributed by atoms with Crippen LogP contribution in [0.25, 0.3) is 0 Å². The molecule has 1 aliphatic heterocycles. The fourth-order valence-corrected chi connectivity index (χ4v) is 2.87. The fraction of sp³-hybridized carbons (Fsp3) is 0.857. The van der Waals surface area contributed by atoms with Gasteiger partial charge in [-0.2, -0.15) is 0 Å². The van der Waals surface area contributed by atoms with Gasteiger partial charge < -0.3 is 5.11 Å².